The van der Waals surface area contributed by atoms with Crippen LogP contribution < -0.4 is 51.4 Å². The van der Waals surface area contributed by atoms with Gasteiger partial charge in [-0.2, -0.15) is 8.78 Å². The molecule has 0 N–H and O–H groups in total. The SMILES string of the molecule is O=S(=O)([O-])C(F)C(F)(F)C(F)C(F)C(F)C(F)C(F)C(F)C(F)C(F)C(F)F.[K+]. The van der Waals surface area contributed by atoms with Crippen molar-refractivity contribution in [3.05, 3.63) is 0 Å². The summed E-state index contributed by atoms with van der Waals surface area (Å²) in [6.45, 7) is 0. The van der Waals surface area contributed by atoms with E-state index >= 15 is 0 Å². The van der Waals surface area contributed by atoms with Crippen LogP contribution >= 0.6 is 0 Å². The van der Waals surface area contributed by atoms with Gasteiger partial charge < -0.3 is 4.55 Å². The summed E-state index contributed by atoms with van der Waals surface area (Å²) in [5, 5.41) is 0. The summed E-state index contributed by atoms with van der Waals surface area (Å²) in [7, 11) is -6.63. The van der Waals surface area contributed by atoms with E-state index in [9.17, 15) is 70.0 Å². The molecular formula is C11H10F13KO3S. The number of alkyl halides is 13. The van der Waals surface area contributed by atoms with Crippen molar-refractivity contribution in [3.63, 3.8) is 0 Å². The first-order valence-electron chi connectivity index (χ1n) is 6.76. The van der Waals surface area contributed by atoms with Gasteiger partial charge in [0.25, 0.3) is 11.9 Å². The molecule has 9 unspecified atom stereocenters. The number of hydrogen-bond donors (Lipinski definition) is 0. The fourth-order valence-corrected chi connectivity index (χ4v) is 2.22. The van der Waals surface area contributed by atoms with Crippen molar-refractivity contribution in [2.45, 2.75) is 67.2 Å². The number of hydrogen-bond acceptors (Lipinski definition) is 3. The average Bonchev–Trinajstić information content (AvgIpc) is 2.61. The Morgan fingerprint density at radius 3 is 1.14 bits per heavy atom. The third kappa shape index (κ3) is 7.92. The maximum Gasteiger partial charge on any atom is 1.00 e. The molecule has 0 heterocycles. The Hall–Kier alpha value is 0.636. The van der Waals surface area contributed by atoms with Crippen LogP contribution in [0.5, 0.6) is 0 Å². The van der Waals surface area contributed by atoms with Crippen molar-refractivity contribution in [1.82, 2.24) is 0 Å². The molecular weight excluding hydrogens is 498 g/mol. The van der Waals surface area contributed by atoms with E-state index in [0.717, 1.165) is 0 Å². The summed E-state index contributed by atoms with van der Waals surface area (Å²) in [6.07, 6.45) is -39.4. The van der Waals surface area contributed by atoms with Crippen LogP contribution in [0.4, 0.5) is 57.1 Å². The number of halogens is 13. The molecule has 170 valence electrons. The first-order valence-corrected chi connectivity index (χ1v) is 8.23. The summed E-state index contributed by atoms with van der Waals surface area (Å²) in [6, 6.07) is 0. The van der Waals surface area contributed by atoms with Crippen LogP contribution in [0.25, 0.3) is 0 Å². The van der Waals surface area contributed by atoms with E-state index in [1.165, 1.54) is 0 Å². The van der Waals surface area contributed by atoms with E-state index in [0.29, 0.717) is 0 Å². The smallest absolute Gasteiger partial charge is 0.746 e. The maximum atomic E-state index is 13.3. The molecule has 0 aromatic heterocycles. The van der Waals surface area contributed by atoms with Gasteiger partial charge in [0.05, 0.1) is 0 Å². The first-order chi connectivity index (χ1) is 12.4. The molecule has 0 aliphatic carbocycles. The minimum Gasteiger partial charge on any atom is -0.746 e. The van der Waals surface area contributed by atoms with E-state index in [-0.39, 0.29) is 51.4 Å². The summed E-state index contributed by atoms with van der Waals surface area (Å²) < 4.78 is 198. The molecule has 0 bridgehead atoms. The zero-order chi connectivity index (χ0) is 22.8. The minimum absolute atomic E-state index is 0. The van der Waals surface area contributed by atoms with Crippen LogP contribution in [-0.2, 0) is 10.1 Å². The van der Waals surface area contributed by atoms with Crippen molar-refractivity contribution in [1.29, 1.82) is 0 Å². The maximum absolute atomic E-state index is 13.3. The molecule has 0 amide bonds. The second-order valence-corrected chi connectivity index (χ2v) is 6.73. The largest absolute Gasteiger partial charge is 1.00 e. The monoisotopic (exact) mass is 508 g/mol. The topological polar surface area (TPSA) is 57.2 Å². The van der Waals surface area contributed by atoms with Gasteiger partial charge in [-0.1, -0.05) is 0 Å². The Labute approximate surface area is 197 Å². The number of rotatable bonds is 11. The molecule has 0 aromatic carbocycles. The Balaban J connectivity index is 0. The van der Waals surface area contributed by atoms with Crippen molar-refractivity contribution in [3.8, 4) is 0 Å². The van der Waals surface area contributed by atoms with Gasteiger partial charge in [-0.25, -0.2) is 56.7 Å². The second-order valence-electron chi connectivity index (χ2n) is 5.33. The Morgan fingerprint density at radius 2 is 0.862 bits per heavy atom. The summed E-state index contributed by atoms with van der Waals surface area (Å²) in [5.41, 5.74) is -4.98. The molecule has 0 fully saturated rings. The molecule has 0 aromatic rings. The predicted octanol–water partition coefficient (Wildman–Crippen LogP) is 0.436. The third-order valence-corrected chi connectivity index (χ3v) is 4.09. The van der Waals surface area contributed by atoms with Crippen LogP contribution in [-0.4, -0.2) is 80.2 Å². The van der Waals surface area contributed by atoms with Gasteiger partial charge in [-0.3, -0.25) is 0 Å². The van der Waals surface area contributed by atoms with Crippen LogP contribution in [0.3, 0.4) is 0 Å². The van der Waals surface area contributed by atoms with Gasteiger partial charge in [0.2, 0.25) is 6.17 Å². The van der Waals surface area contributed by atoms with Crippen LogP contribution in [0.15, 0.2) is 0 Å². The first kappa shape index (κ1) is 31.8. The third-order valence-electron chi connectivity index (χ3n) is 3.27. The van der Waals surface area contributed by atoms with Crippen molar-refractivity contribution in [2.24, 2.45) is 0 Å². The van der Waals surface area contributed by atoms with Crippen molar-refractivity contribution >= 4 is 10.1 Å². The molecule has 3 nitrogen and oxygen atoms in total. The predicted molar refractivity (Wildman–Crippen MR) is 64.7 cm³/mol. The normalized spacial score (nSPS) is 22.6. The molecule has 0 aliphatic heterocycles. The molecule has 9 atom stereocenters. The average molecular weight is 508 g/mol. The fraction of sp³-hybridized carbons (Fsp3) is 1.00. The van der Waals surface area contributed by atoms with Crippen molar-refractivity contribution in [2.75, 3.05) is 0 Å². The van der Waals surface area contributed by atoms with E-state index in [1.54, 1.807) is 0 Å². The molecule has 18 heteroatoms. The minimum atomic E-state index is -6.63. The van der Waals surface area contributed by atoms with Crippen LogP contribution in [0.1, 0.15) is 0 Å². The van der Waals surface area contributed by atoms with Gasteiger partial charge >= 0.3 is 57.3 Å². The van der Waals surface area contributed by atoms with Crippen LogP contribution in [0, 0.1) is 0 Å². The molecule has 0 rings (SSSR count). The van der Waals surface area contributed by atoms with Gasteiger partial charge in [-0.15, -0.1) is 0 Å². The van der Waals surface area contributed by atoms with Gasteiger partial charge in [0.15, 0.2) is 43.2 Å². The molecule has 0 radical (unpaired) electrons. The van der Waals surface area contributed by atoms with Crippen molar-refractivity contribution < 1.29 is 121 Å². The zero-order valence-corrected chi connectivity index (χ0v) is 17.8. The summed E-state index contributed by atoms with van der Waals surface area (Å²) in [5.74, 6) is -6.12. The molecule has 29 heavy (non-hydrogen) atoms. The van der Waals surface area contributed by atoms with Gasteiger partial charge in [0.1, 0.15) is 10.1 Å². The standard InChI is InChI=1S/C11H11F13O3S.K/c12-1(3(14)5(16)7(18)9(20)21)2(13)4(15)6(17)8(19)11(23,24)10(22)28(25,26)27;/h1-10H,(H,25,26,27);/q;+1/p-1. The molecule has 0 saturated carbocycles. The molecule has 0 spiro atoms. The molecule has 0 saturated heterocycles. The van der Waals surface area contributed by atoms with E-state index in [2.05, 4.69) is 0 Å². The quantitative estimate of drug-likeness (QED) is 0.231. The zero-order valence-electron chi connectivity index (χ0n) is 13.8. The summed E-state index contributed by atoms with van der Waals surface area (Å²) in [4.78, 5) is 0. The summed E-state index contributed by atoms with van der Waals surface area (Å²) >= 11 is 0. The molecule has 0 aliphatic rings. The van der Waals surface area contributed by atoms with Crippen LogP contribution in [0.2, 0.25) is 0 Å². The second kappa shape index (κ2) is 12.0. The van der Waals surface area contributed by atoms with Gasteiger partial charge in [0, 0.05) is 0 Å². The van der Waals surface area contributed by atoms with Gasteiger partial charge in [-0.05, 0) is 0 Å². The fourth-order valence-electron chi connectivity index (χ4n) is 1.71. The Bertz CT molecular complexity index is 597. The van der Waals surface area contributed by atoms with E-state index in [1.807, 2.05) is 0 Å². The Morgan fingerprint density at radius 1 is 0.586 bits per heavy atom. The Kier molecular flexibility index (Phi) is 13.2. The van der Waals surface area contributed by atoms with E-state index in [4.69, 9.17) is 0 Å². The van der Waals surface area contributed by atoms with E-state index < -0.39 is 77.3 Å².